The van der Waals surface area contributed by atoms with Crippen molar-refractivity contribution < 1.29 is 10.2 Å². The van der Waals surface area contributed by atoms with Crippen molar-refractivity contribution in [2.24, 2.45) is 0 Å². The number of aliphatic hydroxyl groups excluding tert-OH is 1. The van der Waals surface area contributed by atoms with Crippen molar-refractivity contribution in [1.29, 1.82) is 0 Å². The first-order chi connectivity index (χ1) is 11.9. The fraction of sp³-hybridized carbons (Fsp3) is 0.455. The van der Waals surface area contributed by atoms with E-state index >= 15 is 0 Å². The predicted molar refractivity (Wildman–Crippen MR) is 102 cm³/mol. The number of rotatable bonds is 4. The molecule has 3 heteroatoms. The summed E-state index contributed by atoms with van der Waals surface area (Å²) in [6, 6.07) is 16.3. The Morgan fingerprint density at radius 3 is 2.20 bits per heavy atom. The molecule has 1 aliphatic rings. The van der Waals surface area contributed by atoms with Crippen LogP contribution in [0.3, 0.4) is 0 Å². The van der Waals surface area contributed by atoms with E-state index in [1.807, 2.05) is 55.5 Å². The van der Waals surface area contributed by atoms with Gasteiger partial charge in [-0.3, -0.25) is 0 Å². The maximum absolute atomic E-state index is 11.3. The predicted octanol–water partition coefficient (Wildman–Crippen LogP) is 3.77. The largest absolute Gasteiger partial charge is 0.385 e. The molecule has 1 atom stereocenters. The molecule has 0 saturated heterocycles. The number of aliphatic hydroxyl groups is 2. The van der Waals surface area contributed by atoms with E-state index in [-0.39, 0.29) is 0 Å². The molecule has 134 valence electrons. The molecule has 0 aliphatic heterocycles. The lowest BCUT2D eigenvalue weighted by Gasteiger charge is -2.40. The van der Waals surface area contributed by atoms with Crippen molar-refractivity contribution in [3.8, 4) is 0 Å². The van der Waals surface area contributed by atoms with Gasteiger partial charge in [0.15, 0.2) is 0 Å². The van der Waals surface area contributed by atoms with Gasteiger partial charge in [-0.15, -0.1) is 0 Å². The summed E-state index contributed by atoms with van der Waals surface area (Å²) in [5, 5.41) is 22.3. The lowest BCUT2D eigenvalue weighted by molar-refractivity contribution is -0.0209. The minimum atomic E-state index is -0.852. The smallest absolute Gasteiger partial charge is 0.104 e. The van der Waals surface area contributed by atoms with Gasteiger partial charge in [0.25, 0.3) is 0 Å². The molecule has 1 fully saturated rings. The summed E-state index contributed by atoms with van der Waals surface area (Å²) in [6.07, 6.45) is 2.69. The number of aryl methyl sites for hydroxylation is 1. The Morgan fingerprint density at radius 2 is 1.60 bits per heavy atom. The molecule has 2 aromatic carbocycles. The Morgan fingerprint density at radius 1 is 1.00 bits per heavy atom. The van der Waals surface area contributed by atoms with E-state index < -0.39 is 11.7 Å². The number of hydrogen-bond donors (Lipinski definition) is 2. The van der Waals surface area contributed by atoms with Crippen LogP contribution >= 0.6 is 0 Å². The second-order valence-corrected chi connectivity index (χ2v) is 7.63. The monoisotopic (exact) mass is 339 g/mol. The van der Waals surface area contributed by atoms with Gasteiger partial charge in [-0.2, -0.15) is 0 Å². The maximum atomic E-state index is 11.3. The molecule has 0 bridgehead atoms. The minimum Gasteiger partial charge on any atom is -0.385 e. The fourth-order valence-corrected chi connectivity index (χ4v) is 3.95. The van der Waals surface area contributed by atoms with Crippen LogP contribution in [0.4, 0.5) is 0 Å². The summed E-state index contributed by atoms with van der Waals surface area (Å²) >= 11 is 0. The normalized spacial score (nSPS) is 25.1. The Hall–Kier alpha value is -1.68. The Labute approximate surface area is 150 Å². The SMILES string of the molecule is Cc1ccc(C(O)c2ccccc2C2(O)CCC(N(C)C)CC2)cc1. The molecule has 0 aromatic heterocycles. The summed E-state index contributed by atoms with van der Waals surface area (Å²) in [4.78, 5) is 2.24. The topological polar surface area (TPSA) is 43.7 Å². The summed E-state index contributed by atoms with van der Waals surface area (Å²) in [5.74, 6) is 0. The summed E-state index contributed by atoms with van der Waals surface area (Å²) in [7, 11) is 4.20. The fourth-order valence-electron chi connectivity index (χ4n) is 3.95. The van der Waals surface area contributed by atoms with Gasteiger partial charge in [0.1, 0.15) is 6.10 Å². The summed E-state index contributed by atoms with van der Waals surface area (Å²) < 4.78 is 0. The van der Waals surface area contributed by atoms with Crippen LogP contribution in [0.25, 0.3) is 0 Å². The van der Waals surface area contributed by atoms with Gasteiger partial charge in [-0.05, 0) is 63.4 Å². The van der Waals surface area contributed by atoms with Crippen molar-refractivity contribution in [2.45, 2.75) is 50.4 Å². The molecule has 2 N–H and O–H groups in total. The van der Waals surface area contributed by atoms with E-state index in [1.54, 1.807) is 0 Å². The molecule has 3 rings (SSSR count). The van der Waals surface area contributed by atoms with E-state index in [1.165, 1.54) is 5.56 Å². The van der Waals surface area contributed by atoms with Gasteiger partial charge in [-0.25, -0.2) is 0 Å². The number of nitrogens with zero attached hydrogens (tertiary/aromatic N) is 1. The van der Waals surface area contributed by atoms with Gasteiger partial charge in [0.05, 0.1) is 5.60 Å². The van der Waals surface area contributed by atoms with Gasteiger partial charge >= 0.3 is 0 Å². The van der Waals surface area contributed by atoms with E-state index in [2.05, 4.69) is 19.0 Å². The van der Waals surface area contributed by atoms with Crippen LogP contribution < -0.4 is 0 Å². The molecule has 0 amide bonds. The van der Waals surface area contributed by atoms with E-state index in [4.69, 9.17) is 0 Å². The first kappa shape index (κ1) is 18.1. The first-order valence-corrected chi connectivity index (χ1v) is 9.13. The molecule has 1 unspecified atom stereocenters. The second kappa shape index (κ2) is 7.28. The summed E-state index contributed by atoms with van der Waals surface area (Å²) in [6.45, 7) is 2.04. The highest BCUT2D eigenvalue weighted by molar-refractivity contribution is 5.40. The molecule has 2 aromatic rings. The Bertz CT molecular complexity index is 700. The molecular formula is C22H29NO2. The third-order valence-electron chi connectivity index (χ3n) is 5.66. The Kier molecular flexibility index (Phi) is 5.28. The van der Waals surface area contributed by atoms with Crippen LogP contribution in [0.1, 0.15) is 54.0 Å². The van der Waals surface area contributed by atoms with Crippen molar-refractivity contribution in [2.75, 3.05) is 14.1 Å². The van der Waals surface area contributed by atoms with Gasteiger partial charge in [0, 0.05) is 6.04 Å². The van der Waals surface area contributed by atoms with E-state index in [0.717, 1.165) is 42.4 Å². The summed E-state index contributed by atoms with van der Waals surface area (Å²) in [5.41, 5.74) is 2.88. The van der Waals surface area contributed by atoms with Crippen molar-refractivity contribution >= 4 is 0 Å². The average molecular weight is 339 g/mol. The van der Waals surface area contributed by atoms with Gasteiger partial charge in [0.2, 0.25) is 0 Å². The number of hydrogen-bond acceptors (Lipinski definition) is 3. The molecule has 1 saturated carbocycles. The van der Waals surface area contributed by atoms with Gasteiger partial charge < -0.3 is 15.1 Å². The van der Waals surface area contributed by atoms with Crippen LogP contribution in [0, 0.1) is 6.92 Å². The minimum absolute atomic E-state index is 0.523. The van der Waals surface area contributed by atoms with Crippen molar-refractivity contribution in [1.82, 2.24) is 4.90 Å². The standard InChI is InChI=1S/C22H29NO2/c1-16-8-10-17(11-9-16)21(24)19-6-4-5-7-20(19)22(25)14-12-18(13-15-22)23(2)3/h4-11,18,21,24-25H,12-15H2,1-3H3. The average Bonchev–Trinajstić information content (AvgIpc) is 2.62. The lowest BCUT2D eigenvalue weighted by atomic mass is 9.75. The van der Waals surface area contributed by atoms with E-state index in [9.17, 15) is 10.2 Å². The zero-order valence-corrected chi connectivity index (χ0v) is 15.4. The van der Waals surface area contributed by atoms with Crippen LogP contribution in [-0.2, 0) is 5.60 Å². The maximum Gasteiger partial charge on any atom is 0.104 e. The highest BCUT2D eigenvalue weighted by Gasteiger charge is 2.37. The third kappa shape index (κ3) is 3.79. The van der Waals surface area contributed by atoms with Crippen LogP contribution in [0.2, 0.25) is 0 Å². The highest BCUT2D eigenvalue weighted by Crippen LogP contribution is 2.41. The molecular weight excluding hydrogens is 310 g/mol. The molecule has 0 radical (unpaired) electrons. The second-order valence-electron chi connectivity index (χ2n) is 7.63. The molecule has 1 aliphatic carbocycles. The zero-order valence-electron chi connectivity index (χ0n) is 15.4. The molecule has 0 heterocycles. The highest BCUT2D eigenvalue weighted by atomic mass is 16.3. The number of benzene rings is 2. The van der Waals surface area contributed by atoms with Gasteiger partial charge in [-0.1, -0.05) is 54.1 Å². The van der Waals surface area contributed by atoms with Crippen LogP contribution in [-0.4, -0.2) is 35.3 Å². The van der Waals surface area contributed by atoms with Crippen LogP contribution in [0.15, 0.2) is 48.5 Å². The quantitative estimate of drug-likeness (QED) is 0.891. The van der Waals surface area contributed by atoms with E-state index in [0.29, 0.717) is 6.04 Å². The van der Waals surface area contributed by atoms with Crippen molar-refractivity contribution in [3.63, 3.8) is 0 Å². The zero-order chi connectivity index (χ0) is 18.0. The van der Waals surface area contributed by atoms with Crippen LogP contribution in [0.5, 0.6) is 0 Å². The lowest BCUT2D eigenvalue weighted by Crippen LogP contribution is -2.39. The molecule has 0 spiro atoms. The third-order valence-corrected chi connectivity index (χ3v) is 5.66. The Balaban J connectivity index is 1.89. The van der Waals surface area contributed by atoms with Crippen molar-refractivity contribution in [3.05, 3.63) is 70.8 Å². The molecule has 25 heavy (non-hydrogen) atoms. The molecule has 3 nitrogen and oxygen atoms in total. The first-order valence-electron chi connectivity index (χ1n) is 9.13.